The van der Waals surface area contributed by atoms with Gasteiger partial charge < -0.3 is 9.64 Å². The van der Waals surface area contributed by atoms with Crippen LogP contribution in [0.5, 0.6) is 5.75 Å². The highest BCUT2D eigenvalue weighted by Gasteiger charge is 2.30. The number of carbonyl (C=O) groups is 1. The number of hydrogen-bond donors (Lipinski definition) is 0. The van der Waals surface area contributed by atoms with E-state index in [4.69, 9.17) is 9.84 Å². The number of methoxy groups -OCH3 is 1. The summed E-state index contributed by atoms with van der Waals surface area (Å²) in [6.45, 7) is 2.88. The number of sulfonamides is 1. The molecule has 9 heteroatoms. The molecule has 1 saturated heterocycles. The highest BCUT2D eigenvalue weighted by molar-refractivity contribution is 7.89. The summed E-state index contributed by atoms with van der Waals surface area (Å²) < 4.78 is 33.0. The zero-order valence-electron chi connectivity index (χ0n) is 18.1. The van der Waals surface area contributed by atoms with Crippen LogP contribution in [0.3, 0.4) is 0 Å². The van der Waals surface area contributed by atoms with E-state index in [1.54, 1.807) is 29.8 Å². The van der Waals surface area contributed by atoms with Gasteiger partial charge >= 0.3 is 0 Å². The lowest BCUT2D eigenvalue weighted by molar-refractivity contribution is 0.0698. The number of hydrogen-bond acceptors (Lipinski definition) is 5. The van der Waals surface area contributed by atoms with Crippen LogP contribution in [0.25, 0.3) is 16.9 Å². The second-order valence-electron chi connectivity index (χ2n) is 7.46. The molecule has 1 aliphatic heterocycles. The number of piperazine rings is 1. The van der Waals surface area contributed by atoms with E-state index < -0.39 is 10.0 Å². The minimum absolute atomic E-state index is 0.0583. The van der Waals surface area contributed by atoms with Crippen LogP contribution in [0, 0.1) is 0 Å². The predicted octanol–water partition coefficient (Wildman–Crippen LogP) is 2.66. The number of para-hydroxylation sites is 2. The lowest BCUT2D eigenvalue weighted by Crippen LogP contribution is -2.50. The highest BCUT2D eigenvalue weighted by atomic mass is 32.2. The molecule has 0 atom stereocenters. The van der Waals surface area contributed by atoms with Crippen LogP contribution in [0.4, 0.5) is 0 Å². The van der Waals surface area contributed by atoms with Crippen LogP contribution < -0.4 is 4.74 Å². The number of rotatable bonds is 6. The maximum absolute atomic E-state index is 13.5. The fourth-order valence-electron chi connectivity index (χ4n) is 3.80. The maximum Gasteiger partial charge on any atom is 0.257 e. The van der Waals surface area contributed by atoms with Crippen molar-refractivity contribution in [3.8, 4) is 22.7 Å². The van der Waals surface area contributed by atoms with Crippen molar-refractivity contribution in [1.82, 2.24) is 19.0 Å². The normalized spacial score (nSPS) is 15.0. The fraction of sp³-hybridized carbons (Fsp3) is 0.304. The maximum atomic E-state index is 13.5. The molecule has 0 N–H and O–H groups in total. The van der Waals surface area contributed by atoms with Gasteiger partial charge in [-0.3, -0.25) is 4.79 Å². The van der Waals surface area contributed by atoms with Crippen molar-refractivity contribution in [1.29, 1.82) is 0 Å². The van der Waals surface area contributed by atoms with E-state index in [0.29, 0.717) is 43.2 Å². The van der Waals surface area contributed by atoms with Crippen LogP contribution in [-0.2, 0) is 10.0 Å². The Bertz CT molecular complexity index is 1200. The van der Waals surface area contributed by atoms with Gasteiger partial charge in [-0.15, -0.1) is 0 Å². The first kappa shape index (κ1) is 22.0. The molecular weight excluding hydrogens is 428 g/mol. The minimum Gasteiger partial charge on any atom is -0.496 e. The van der Waals surface area contributed by atoms with Crippen molar-refractivity contribution in [3.63, 3.8) is 0 Å². The first-order valence-electron chi connectivity index (χ1n) is 10.5. The van der Waals surface area contributed by atoms with Crippen LogP contribution >= 0.6 is 0 Å². The van der Waals surface area contributed by atoms with Crippen LogP contribution in [-0.4, -0.2) is 72.4 Å². The third kappa shape index (κ3) is 4.26. The van der Waals surface area contributed by atoms with Gasteiger partial charge in [0.1, 0.15) is 11.4 Å². The molecule has 1 aromatic heterocycles. The zero-order chi connectivity index (χ0) is 22.7. The van der Waals surface area contributed by atoms with Gasteiger partial charge in [0.05, 0.1) is 24.1 Å². The largest absolute Gasteiger partial charge is 0.496 e. The van der Waals surface area contributed by atoms with Gasteiger partial charge in [0.25, 0.3) is 5.91 Å². The summed E-state index contributed by atoms with van der Waals surface area (Å²) in [5.41, 5.74) is 2.53. The number of aromatic nitrogens is 2. The van der Waals surface area contributed by atoms with E-state index in [1.165, 1.54) is 4.31 Å². The Labute approximate surface area is 188 Å². The highest BCUT2D eigenvalue weighted by Crippen LogP contribution is 2.32. The molecule has 0 saturated carbocycles. The summed E-state index contributed by atoms with van der Waals surface area (Å²) in [7, 11) is -1.68. The molecule has 32 heavy (non-hydrogen) atoms. The Morgan fingerprint density at radius 3 is 2.31 bits per heavy atom. The van der Waals surface area contributed by atoms with Gasteiger partial charge in [-0.25, -0.2) is 13.1 Å². The quantitative estimate of drug-likeness (QED) is 0.572. The molecule has 4 rings (SSSR count). The van der Waals surface area contributed by atoms with Crippen molar-refractivity contribution in [2.24, 2.45) is 0 Å². The summed E-state index contributed by atoms with van der Waals surface area (Å²) in [4.78, 5) is 15.2. The number of amides is 1. The summed E-state index contributed by atoms with van der Waals surface area (Å²) in [5, 5.41) is 4.73. The predicted molar refractivity (Wildman–Crippen MR) is 122 cm³/mol. The Hall–Kier alpha value is -3.17. The number of benzene rings is 2. The molecular formula is C23H26N4O4S. The molecule has 0 bridgehead atoms. The second-order valence-corrected chi connectivity index (χ2v) is 9.72. The summed E-state index contributed by atoms with van der Waals surface area (Å²) in [5.74, 6) is 0.503. The average molecular weight is 455 g/mol. The molecule has 2 heterocycles. The summed E-state index contributed by atoms with van der Waals surface area (Å²) in [6, 6.07) is 17.0. The smallest absolute Gasteiger partial charge is 0.257 e. The molecule has 0 radical (unpaired) electrons. The molecule has 1 fully saturated rings. The molecule has 1 amide bonds. The Balaban J connectivity index is 1.70. The molecule has 0 aliphatic carbocycles. The number of ether oxygens (including phenoxy) is 1. The molecule has 1 aliphatic rings. The third-order valence-corrected chi connectivity index (χ3v) is 7.49. The van der Waals surface area contributed by atoms with E-state index in [9.17, 15) is 13.2 Å². The molecule has 0 unspecified atom stereocenters. The van der Waals surface area contributed by atoms with Crippen LogP contribution in [0.2, 0.25) is 0 Å². The number of nitrogens with zero attached hydrogens (tertiary/aromatic N) is 4. The molecule has 0 spiro atoms. The van der Waals surface area contributed by atoms with E-state index in [2.05, 4.69) is 0 Å². The van der Waals surface area contributed by atoms with E-state index in [1.807, 2.05) is 54.6 Å². The topological polar surface area (TPSA) is 84.7 Å². The Kier molecular flexibility index (Phi) is 6.29. The van der Waals surface area contributed by atoms with Gasteiger partial charge in [0.15, 0.2) is 0 Å². The van der Waals surface area contributed by atoms with Crippen LogP contribution in [0.15, 0.2) is 60.8 Å². The molecule has 8 nitrogen and oxygen atoms in total. The second kappa shape index (κ2) is 9.13. The monoisotopic (exact) mass is 454 g/mol. The zero-order valence-corrected chi connectivity index (χ0v) is 19.0. The average Bonchev–Trinajstić information content (AvgIpc) is 3.29. The first-order valence-corrected chi connectivity index (χ1v) is 12.1. The van der Waals surface area contributed by atoms with Gasteiger partial charge in [0.2, 0.25) is 10.0 Å². The summed E-state index contributed by atoms with van der Waals surface area (Å²) in [6.07, 6.45) is 1.73. The lowest BCUT2D eigenvalue weighted by atomic mass is 10.1. The van der Waals surface area contributed by atoms with Crippen molar-refractivity contribution < 1.29 is 17.9 Å². The molecule has 2 aromatic carbocycles. The van der Waals surface area contributed by atoms with Gasteiger partial charge in [-0.2, -0.15) is 9.40 Å². The Morgan fingerprint density at radius 1 is 1.00 bits per heavy atom. The van der Waals surface area contributed by atoms with E-state index >= 15 is 0 Å². The van der Waals surface area contributed by atoms with Crippen molar-refractivity contribution in [2.75, 3.05) is 39.0 Å². The van der Waals surface area contributed by atoms with Gasteiger partial charge in [-0.1, -0.05) is 30.3 Å². The lowest BCUT2D eigenvalue weighted by Gasteiger charge is -2.33. The van der Waals surface area contributed by atoms with Crippen LogP contribution in [0.1, 0.15) is 17.3 Å². The van der Waals surface area contributed by atoms with Crippen molar-refractivity contribution in [3.05, 3.63) is 66.4 Å². The SMILES string of the molecule is CCS(=O)(=O)N1CCN(C(=O)c2cn(-c3ccccc3)nc2-c2ccccc2OC)CC1. The van der Waals surface area contributed by atoms with Gasteiger partial charge in [-0.05, 0) is 31.2 Å². The van der Waals surface area contributed by atoms with E-state index in [0.717, 1.165) is 11.3 Å². The summed E-state index contributed by atoms with van der Waals surface area (Å²) >= 11 is 0. The minimum atomic E-state index is -3.26. The fourth-order valence-corrected chi connectivity index (χ4v) is 4.89. The Morgan fingerprint density at radius 2 is 1.66 bits per heavy atom. The van der Waals surface area contributed by atoms with Gasteiger partial charge in [0, 0.05) is 37.9 Å². The number of carbonyl (C=O) groups excluding carboxylic acids is 1. The van der Waals surface area contributed by atoms with Crippen molar-refractivity contribution in [2.45, 2.75) is 6.92 Å². The van der Waals surface area contributed by atoms with Crippen molar-refractivity contribution >= 4 is 15.9 Å². The molecule has 3 aromatic rings. The third-order valence-electron chi connectivity index (χ3n) is 5.61. The van der Waals surface area contributed by atoms with E-state index in [-0.39, 0.29) is 11.7 Å². The first-order chi connectivity index (χ1) is 15.4. The molecule has 168 valence electrons. The standard InChI is InChI=1S/C23H26N4O4S/c1-3-32(29,30)26-15-13-25(14-16-26)23(28)20-17-27(18-9-5-4-6-10-18)24-22(20)19-11-7-8-12-21(19)31-2/h4-12,17H,3,13-16H2,1-2H3.